The second kappa shape index (κ2) is 7.16. The van der Waals surface area contributed by atoms with Crippen LogP contribution in [0.2, 0.25) is 0 Å². The summed E-state index contributed by atoms with van der Waals surface area (Å²) in [4.78, 5) is 50.0. The van der Waals surface area contributed by atoms with Gasteiger partial charge < -0.3 is 5.32 Å². The highest BCUT2D eigenvalue weighted by Gasteiger charge is 2.40. The molecule has 0 aliphatic carbocycles. The fraction of sp³-hybridized carbons (Fsp3) is 0.0952. The van der Waals surface area contributed by atoms with Crippen LogP contribution >= 0.6 is 0 Å². The van der Waals surface area contributed by atoms with Crippen LogP contribution in [0.5, 0.6) is 0 Å². The Hall–Kier alpha value is -4.07. The van der Waals surface area contributed by atoms with Gasteiger partial charge in [-0.15, -0.1) is 0 Å². The van der Waals surface area contributed by atoms with Gasteiger partial charge in [-0.1, -0.05) is 24.3 Å². The van der Waals surface area contributed by atoms with Crippen molar-refractivity contribution in [2.75, 3.05) is 5.32 Å². The van der Waals surface area contributed by atoms with Gasteiger partial charge >= 0.3 is 0 Å². The van der Waals surface area contributed by atoms with Crippen LogP contribution in [0.15, 0.2) is 65.5 Å². The fourth-order valence-corrected chi connectivity index (χ4v) is 3.19. The van der Waals surface area contributed by atoms with Crippen LogP contribution in [0.1, 0.15) is 27.6 Å². The molecule has 0 bridgehead atoms. The van der Waals surface area contributed by atoms with E-state index in [0.29, 0.717) is 28.1 Å². The van der Waals surface area contributed by atoms with Gasteiger partial charge in [0.05, 0.1) is 16.8 Å². The molecule has 8 heteroatoms. The van der Waals surface area contributed by atoms with Crippen molar-refractivity contribution in [1.82, 2.24) is 15.1 Å². The lowest BCUT2D eigenvalue weighted by Crippen LogP contribution is -2.45. The van der Waals surface area contributed by atoms with Crippen LogP contribution in [0.3, 0.4) is 0 Å². The topological polar surface area (TPSA) is 112 Å². The molecule has 3 amide bonds. The molecule has 144 valence electrons. The molecule has 3 aromatic rings. The first-order valence-corrected chi connectivity index (χ1v) is 8.89. The summed E-state index contributed by atoms with van der Waals surface area (Å²) in [5, 5.41) is 9.04. The summed E-state index contributed by atoms with van der Waals surface area (Å²) in [7, 11) is 0. The number of hydrogen-bond acceptors (Lipinski definition) is 5. The zero-order chi connectivity index (χ0) is 20.5. The zero-order valence-corrected chi connectivity index (χ0v) is 15.4. The van der Waals surface area contributed by atoms with Crippen molar-refractivity contribution in [2.45, 2.75) is 13.0 Å². The molecule has 0 radical (unpaired) electrons. The van der Waals surface area contributed by atoms with Crippen molar-refractivity contribution < 1.29 is 14.4 Å². The molecule has 0 saturated carbocycles. The predicted molar refractivity (Wildman–Crippen MR) is 105 cm³/mol. The van der Waals surface area contributed by atoms with Crippen LogP contribution in [-0.4, -0.2) is 38.9 Å². The molecule has 0 saturated heterocycles. The number of imide groups is 1. The van der Waals surface area contributed by atoms with Crippen molar-refractivity contribution in [3.05, 3.63) is 82.1 Å². The SMILES string of the molecule is CC(C(=O)Nc1cccc(-c2ccc(=O)[nH]n2)c1)N1C(=O)c2ccccc2C1=O. The lowest BCUT2D eigenvalue weighted by molar-refractivity contribution is -0.119. The van der Waals surface area contributed by atoms with Crippen LogP contribution in [0.4, 0.5) is 5.69 Å². The van der Waals surface area contributed by atoms with Gasteiger partial charge in [0.25, 0.3) is 17.4 Å². The number of amides is 3. The van der Waals surface area contributed by atoms with Crippen molar-refractivity contribution in [3.8, 4) is 11.3 Å². The Labute approximate surface area is 165 Å². The highest BCUT2D eigenvalue weighted by molar-refractivity contribution is 6.23. The number of fused-ring (bicyclic) bond motifs is 1. The molecule has 8 nitrogen and oxygen atoms in total. The highest BCUT2D eigenvalue weighted by atomic mass is 16.2. The summed E-state index contributed by atoms with van der Waals surface area (Å²) < 4.78 is 0. The average molecular weight is 388 g/mol. The first-order valence-electron chi connectivity index (χ1n) is 8.89. The summed E-state index contributed by atoms with van der Waals surface area (Å²) in [6.07, 6.45) is 0. The van der Waals surface area contributed by atoms with Gasteiger partial charge in [-0.05, 0) is 37.3 Å². The average Bonchev–Trinajstić information content (AvgIpc) is 2.99. The first kappa shape index (κ1) is 18.3. The monoisotopic (exact) mass is 388 g/mol. The maximum atomic E-state index is 12.7. The number of aromatic amines is 1. The first-order chi connectivity index (χ1) is 14.0. The molecule has 0 spiro atoms. The number of carbonyl (C=O) groups excluding carboxylic acids is 3. The quantitative estimate of drug-likeness (QED) is 0.665. The molecule has 1 aliphatic heterocycles. The molecule has 4 rings (SSSR count). The van der Waals surface area contributed by atoms with Gasteiger partial charge in [0.1, 0.15) is 6.04 Å². The van der Waals surface area contributed by atoms with E-state index in [1.165, 1.54) is 13.0 Å². The standard InChI is InChI=1S/C21H16N4O4/c1-12(25-20(28)15-7-2-3-8-16(15)21(25)29)19(27)22-14-6-4-5-13(11-14)17-9-10-18(26)24-23-17/h2-12H,1H3,(H,22,27)(H,24,26). The Morgan fingerprint density at radius 2 is 1.66 bits per heavy atom. The molecule has 1 aromatic heterocycles. The minimum atomic E-state index is -0.989. The van der Waals surface area contributed by atoms with E-state index in [-0.39, 0.29) is 5.56 Å². The zero-order valence-electron chi connectivity index (χ0n) is 15.4. The number of aromatic nitrogens is 2. The number of nitrogens with zero attached hydrogens (tertiary/aromatic N) is 2. The lowest BCUT2D eigenvalue weighted by atomic mass is 10.1. The van der Waals surface area contributed by atoms with E-state index in [1.807, 2.05) is 0 Å². The number of carbonyl (C=O) groups is 3. The summed E-state index contributed by atoms with van der Waals surface area (Å²) in [6, 6.07) is 15.3. The number of H-pyrrole nitrogens is 1. The summed E-state index contributed by atoms with van der Waals surface area (Å²) in [5.74, 6) is -1.47. The molecular weight excluding hydrogens is 372 g/mol. The van der Waals surface area contributed by atoms with Crippen LogP contribution < -0.4 is 10.9 Å². The van der Waals surface area contributed by atoms with E-state index in [9.17, 15) is 19.2 Å². The van der Waals surface area contributed by atoms with E-state index in [0.717, 1.165) is 4.90 Å². The fourth-order valence-electron chi connectivity index (χ4n) is 3.19. The predicted octanol–water partition coefficient (Wildman–Crippen LogP) is 2.06. The third kappa shape index (κ3) is 3.31. The second-order valence-corrected chi connectivity index (χ2v) is 6.58. The van der Waals surface area contributed by atoms with Crippen molar-refractivity contribution in [2.24, 2.45) is 0 Å². The van der Waals surface area contributed by atoms with Crippen molar-refractivity contribution in [1.29, 1.82) is 0 Å². The molecule has 0 fully saturated rings. The maximum absolute atomic E-state index is 12.7. The molecule has 1 atom stereocenters. The minimum absolute atomic E-state index is 0.295. The summed E-state index contributed by atoms with van der Waals surface area (Å²) in [6.45, 7) is 1.50. The van der Waals surface area contributed by atoms with E-state index < -0.39 is 23.8 Å². The molecule has 2 N–H and O–H groups in total. The van der Waals surface area contributed by atoms with Gasteiger partial charge in [-0.3, -0.25) is 24.1 Å². The molecule has 2 aromatic carbocycles. The number of benzene rings is 2. The Balaban J connectivity index is 1.53. The normalized spacial score (nSPS) is 13.9. The van der Waals surface area contributed by atoms with E-state index >= 15 is 0 Å². The maximum Gasteiger partial charge on any atom is 0.264 e. The molecular formula is C21H16N4O4. The molecule has 1 unspecified atom stereocenters. The highest BCUT2D eigenvalue weighted by Crippen LogP contribution is 2.25. The van der Waals surface area contributed by atoms with Gasteiger partial charge in [0, 0.05) is 17.3 Å². The number of anilines is 1. The van der Waals surface area contributed by atoms with Gasteiger partial charge in [0.2, 0.25) is 5.91 Å². The Kier molecular flexibility index (Phi) is 4.52. The third-order valence-electron chi connectivity index (χ3n) is 4.70. The summed E-state index contributed by atoms with van der Waals surface area (Å²) >= 11 is 0. The Morgan fingerprint density at radius 1 is 0.966 bits per heavy atom. The van der Waals surface area contributed by atoms with E-state index in [2.05, 4.69) is 15.5 Å². The van der Waals surface area contributed by atoms with Gasteiger partial charge in [-0.25, -0.2) is 5.10 Å². The van der Waals surface area contributed by atoms with Gasteiger partial charge in [0.15, 0.2) is 0 Å². The number of rotatable bonds is 4. The Bertz CT molecular complexity index is 1150. The van der Waals surface area contributed by atoms with Crippen LogP contribution in [0.25, 0.3) is 11.3 Å². The molecule has 1 aliphatic rings. The second-order valence-electron chi connectivity index (χ2n) is 6.58. The summed E-state index contributed by atoms with van der Waals surface area (Å²) in [5.41, 5.74) is 1.98. The van der Waals surface area contributed by atoms with E-state index in [4.69, 9.17) is 0 Å². The third-order valence-corrected chi connectivity index (χ3v) is 4.70. The number of nitrogens with one attached hydrogen (secondary N) is 2. The molecule has 29 heavy (non-hydrogen) atoms. The molecule has 2 heterocycles. The van der Waals surface area contributed by atoms with Crippen molar-refractivity contribution >= 4 is 23.4 Å². The number of hydrogen-bond donors (Lipinski definition) is 2. The van der Waals surface area contributed by atoms with Crippen LogP contribution in [-0.2, 0) is 4.79 Å². The Morgan fingerprint density at radius 3 is 2.28 bits per heavy atom. The van der Waals surface area contributed by atoms with Crippen molar-refractivity contribution in [3.63, 3.8) is 0 Å². The van der Waals surface area contributed by atoms with Crippen LogP contribution in [0, 0.1) is 0 Å². The van der Waals surface area contributed by atoms with Gasteiger partial charge in [-0.2, -0.15) is 5.10 Å². The minimum Gasteiger partial charge on any atom is -0.324 e. The smallest absolute Gasteiger partial charge is 0.264 e. The largest absolute Gasteiger partial charge is 0.324 e. The van der Waals surface area contributed by atoms with E-state index in [1.54, 1.807) is 54.6 Å². The lowest BCUT2D eigenvalue weighted by Gasteiger charge is -2.21.